The Kier molecular flexibility index (Phi) is 4.32. The van der Waals surface area contributed by atoms with Crippen LogP contribution in [0, 0.1) is 5.82 Å². The van der Waals surface area contributed by atoms with Crippen LogP contribution in [0.3, 0.4) is 0 Å². The number of carbonyl (C=O) groups is 1. The molecule has 4 heterocycles. The van der Waals surface area contributed by atoms with E-state index in [2.05, 4.69) is 15.0 Å². The number of nitrogens with zero attached hydrogens (tertiary/aromatic N) is 5. The summed E-state index contributed by atoms with van der Waals surface area (Å²) in [4.78, 5) is 21.1. The van der Waals surface area contributed by atoms with Gasteiger partial charge in [-0.25, -0.2) is 18.9 Å². The Morgan fingerprint density at radius 2 is 2.00 bits per heavy atom. The van der Waals surface area contributed by atoms with Crippen molar-refractivity contribution in [2.75, 3.05) is 23.7 Å². The number of nitrogen functional groups attached to an aromatic ring is 1. The number of anilines is 2. The predicted octanol–water partition coefficient (Wildman–Crippen LogP) is 3.34. The second-order valence-corrected chi connectivity index (χ2v) is 9.16. The molecule has 31 heavy (non-hydrogen) atoms. The van der Waals surface area contributed by atoms with Crippen molar-refractivity contribution in [2.24, 2.45) is 0 Å². The second-order valence-electron chi connectivity index (χ2n) is 9.16. The number of nitrogens with two attached hydrogens (primary N) is 1. The number of rotatable bonds is 2. The fourth-order valence-corrected chi connectivity index (χ4v) is 4.50. The van der Waals surface area contributed by atoms with Gasteiger partial charge in [-0.05, 0) is 45.4 Å². The number of hydrogen-bond acceptors (Lipinski definition) is 6. The van der Waals surface area contributed by atoms with Gasteiger partial charge in [0.05, 0.1) is 23.3 Å². The van der Waals surface area contributed by atoms with Crippen molar-refractivity contribution in [1.29, 1.82) is 0 Å². The summed E-state index contributed by atoms with van der Waals surface area (Å²) in [6.45, 7) is 6.92. The van der Waals surface area contributed by atoms with Crippen LogP contribution in [0.4, 0.5) is 20.8 Å². The van der Waals surface area contributed by atoms with E-state index in [1.54, 1.807) is 16.9 Å². The normalized spacial score (nSPS) is 20.6. The molecule has 2 atom stereocenters. The number of piperazine rings is 1. The fraction of sp³-hybridized carbons (Fsp3) is 0.409. The number of ether oxygens (including phenoxy) is 1. The number of pyridine rings is 1. The van der Waals surface area contributed by atoms with Crippen LogP contribution in [-0.4, -0.2) is 56.5 Å². The number of hydrogen-bond donors (Lipinski definition) is 1. The molecule has 0 radical (unpaired) electrons. The van der Waals surface area contributed by atoms with E-state index in [4.69, 9.17) is 10.5 Å². The average molecular weight is 424 g/mol. The first-order chi connectivity index (χ1) is 14.7. The van der Waals surface area contributed by atoms with Gasteiger partial charge in [0.2, 0.25) is 0 Å². The molecule has 0 aliphatic carbocycles. The van der Waals surface area contributed by atoms with E-state index in [1.165, 1.54) is 12.1 Å². The highest BCUT2D eigenvalue weighted by Crippen LogP contribution is 2.35. The van der Waals surface area contributed by atoms with Gasteiger partial charge in [-0.3, -0.25) is 0 Å². The zero-order chi connectivity index (χ0) is 21.9. The van der Waals surface area contributed by atoms with Gasteiger partial charge in [0.1, 0.15) is 17.2 Å². The molecule has 2 aromatic heterocycles. The zero-order valence-corrected chi connectivity index (χ0v) is 17.7. The number of amides is 1. The first-order valence-corrected chi connectivity index (χ1v) is 10.4. The van der Waals surface area contributed by atoms with Crippen molar-refractivity contribution >= 4 is 28.6 Å². The van der Waals surface area contributed by atoms with E-state index in [9.17, 15) is 9.18 Å². The molecule has 162 valence electrons. The van der Waals surface area contributed by atoms with Gasteiger partial charge in [-0.15, -0.1) is 5.10 Å². The van der Waals surface area contributed by atoms with Crippen LogP contribution in [0.25, 0.3) is 16.6 Å². The maximum atomic E-state index is 13.8. The highest BCUT2D eigenvalue weighted by Gasteiger charge is 2.47. The van der Waals surface area contributed by atoms with Crippen LogP contribution in [0.15, 0.2) is 36.5 Å². The molecule has 1 aromatic carbocycles. The molecule has 0 unspecified atom stereocenters. The second kappa shape index (κ2) is 6.83. The average Bonchev–Trinajstić information content (AvgIpc) is 3.39. The molecule has 2 aliphatic heterocycles. The summed E-state index contributed by atoms with van der Waals surface area (Å²) in [5.41, 5.74) is 6.88. The summed E-state index contributed by atoms with van der Waals surface area (Å²) in [6.07, 6.45) is 2.33. The Hall–Kier alpha value is -3.36. The monoisotopic (exact) mass is 424 g/mol. The van der Waals surface area contributed by atoms with Gasteiger partial charge in [0, 0.05) is 36.8 Å². The van der Waals surface area contributed by atoms with Crippen molar-refractivity contribution in [3.05, 3.63) is 42.3 Å². The SMILES string of the molecule is CC(C)(C)OC(=O)N1C[C@@H]2C[C@H]1CN2c1cc(-n2nc(N)c3ccc(F)cc32)ccn1. The van der Waals surface area contributed by atoms with Gasteiger partial charge < -0.3 is 20.3 Å². The summed E-state index contributed by atoms with van der Waals surface area (Å²) >= 11 is 0. The van der Waals surface area contributed by atoms with Gasteiger partial charge >= 0.3 is 6.09 Å². The van der Waals surface area contributed by atoms with Crippen LogP contribution in [0.5, 0.6) is 0 Å². The van der Waals surface area contributed by atoms with E-state index in [0.717, 1.165) is 17.9 Å². The summed E-state index contributed by atoms with van der Waals surface area (Å²) < 4.78 is 21.0. The van der Waals surface area contributed by atoms with Crippen molar-refractivity contribution in [3.8, 4) is 5.69 Å². The third kappa shape index (κ3) is 3.43. The first-order valence-electron chi connectivity index (χ1n) is 10.4. The van der Waals surface area contributed by atoms with Gasteiger partial charge in [0.25, 0.3) is 0 Å². The lowest BCUT2D eigenvalue weighted by atomic mass is 10.2. The van der Waals surface area contributed by atoms with Crippen LogP contribution in [0.2, 0.25) is 0 Å². The maximum Gasteiger partial charge on any atom is 0.410 e. The molecule has 2 aliphatic rings. The molecule has 2 fully saturated rings. The molecule has 2 N–H and O–H groups in total. The fourth-order valence-electron chi connectivity index (χ4n) is 4.50. The lowest BCUT2D eigenvalue weighted by Gasteiger charge is -2.35. The van der Waals surface area contributed by atoms with Crippen LogP contribution in [-0.2, 0) is 4.74 Å². The molecular formula is C22H25FN6O2. The van der Waals surface area contributed by atoms with Crippen molar-refractivity contribution in [2.45, 2.75) is 44.9 Å². The number of likely N-dealkylation sites (tertiary alicyclic amines) is 1. The summed E-state index contributed by atoms with van der Waals surface area (Å²) in [5, 5.41) is 5.10. The Labute approximate surface area is 179 Å². The third-order valence-corrected chi connectivity index (χ3v) is 5.81. The Morgan fingerprint density at radius 1 is 1.19 bits per heavy atom. The molecule has 3 aromatic rings. The molecule has 0 saturated carbocycles. The highest BCUT2D eigenvalue weighted by molar-refractivity contribution is 5.90. The molecule has 5 rings (SSSR count). The Bertz CT molecular complexity index is 1170. The third-order valence-electron chi connectivity index (χ3n) is 5.81. The minimum atomic E-state index is -0.512. The van der Waals surface area contributed by atoms with Crippen molar-refractivity contribution in [3.63, 3.8) is 0 Å². The predicted molar refractivity (Wildman–Crippen MR) is 116 cm³/mol. The van der Waals surface area contributed by atoms with Crippen molar-refractivity contribution in [1.82, 2.24) is 19.7 Å². The Balaban J connectivity index is 1.40. The molecule has 9 heteroatoms. The van der Waals surface area contributed by atoms with E-state index in [1.807, 2.05) is 37.8 Å². The summed E-state index contributed by atoms with van der Waals surface area (Å²) in [6, 6.07) is 8.46. The van der Waals surface area contributed by atoms with Gasteiger partial charge in [-0.1, -0.05) is 0 Å². The lowest BCUT2D eigenvalue weighted by molar-refractivity contribution is 0.0214. The highest BCUT2D eigenvalue weighted by atomic mass is 19.1. The quantitative estimate of drug-likeness (QED) is 0.679. The largest absolute Gasteiger partial charge is 0.444 e. The minimum Gasteiger partial charge on any atom is -0.444 e. The van der Waals surface area contributed by atoms with E-state index in [-0.39, 0.29) is 24.0 Å². The molecule has 2 saturated heterocycles. The molecule has 1 amide bonds. The van der Waals surface area contributed by atoms with E-state index >= 15 is 0 Å². The number of benzene rings is 1. The Morgan fingerprint density at radius 3 is 2.71 bits per heavy atom. The topological polar surface area (TPSA) is 89.5 Å². The number of halogens is 1. The first kappa shape index (κ1) is 19.6. The summed E-state index contributed by atoms with van der Waals surface area (Å²) in [5.74, 6) is 0.802. The summed E-state index contributed by atoms with van der Waals surface area (Å²) in [7, 11) is 0. The van der Waals surface area contributed by atoms with Crippen molar-refractivity contribution < 1.29 is 13.9 Å². The van der Waals surface area contributed by atoms with Crippen LogP contribution < -0.4 is 10.6 Å². The molecule has 2 bridgehead atoms. The molecular weight excluding hydrogens is 399 g/mol. The number of carbonyl (C=O) groups excluding carboxylic acids is 1. The van der Waals surface area contributed by atoms with Crippen LogP contribution >= 0.6 is 0 Å². The zero-order valence-electron chi connectivity index (χ0n) is 17.7. The van der Waals surface area contributed by atoms with E-state index < -0.39 is 5.60 Å². The van der Waals surface area contributed by atoms with Crippen LogP contribution in [0.1, 0.15) is 27.2 Å². The lowest BCUT2D eigenvalue weighted by Crippen LogP contribution is -2.50. The van der Waals surface area contributed by atoms with Gasteiger partial charge in [0.15, 0.2) is 5.82 Å². The maximum absolute atomic E-state index is 13.8. The standard InChI is InChI=1S/C22H25FN6O2/c1-22(2,3)31-21(30)28-12-15-9-16(28)11-27(15)19-10-14(6-7-25-19)29-18-8-13(23)4-5-17(18)20(24)26-29/h4-8,10,15-16H,9,11-12H2,1-3H3,(H2,24,26)/t15-,16-/m0/s1. The smallest absolute Gasteiger partial charge is 0.410 e. The van der Waals surface area contributed by atoms with Gasteiger partial charge in [-0.2, -0.15) is 0 Å². The van der Waals surface area contributed by atoms with E-state index in [0.29, 0.717) is 29.8 Å². The minimum absolute atomic E-state index is 0.0978. The molecule has 0 spiro atoms. The number of aromatic nitrogens is 3. The molecule has 8 nitrogen and oxygen atoms in total. The number of fused-ring (bicyclic) bond motifs is 3.